The quantitative estimate of drug-likeness (QED) is 0.672. The Morgan fingerprint density at radius 3 is 2.43 bits per heavy atom. The van der Waals surface area contributed by atoms with Gasteiger partial charge in [-0.3, -0.25) is 9.48 Å². The minimum atomic E-state index is -0.188. The summed E-state index contributed by atoms with van der Waals surface area (Å²) in [4.78, 5) is 12.9. The van der Waals surface area contributed by atoms with Crippen LogP contribution in [0.25, 0.3) is 0 Å². The second kappa shape index (κ2) is 8.61. The molecule has 1 N–H and O–H groups in total. The lowest BCUT2D eigenvalue weighted by Crippen LogP contribution is -2.15. The van der Waals surface area contributed by atoms with Gasteiger partial charge in [-0.25, -0.2) is 0 Å². The van der Waals surface area contributed by atoms with Gasteiger partial charge in [-0.15, -0.1) is 0 Å². The number of aromatic nitrogens is 2. The number of nitrogens with zero attached hydrogens (tertiary/aromatic N) is 2. The van der Waals surface area contributed by atoms with Crippen LogP contribution in [0.15, 0.2) is 48.7 Å². The van der Waals surface area contributed by atoms with Crippen molar-refractivity contribution in [2.24, 2.45) is 0 Å². The molecule has 6 heteroatoms. The average molecular weight is 379 g/mol. The zero-order chi connectivity index (χ0) is 20.1. The molecule has 3 aromatic rings. The van der Waals surface area contributed by atoms with Crippen molar-refractivity contribution in [3.8, 4) is 11.5 Å². The molecule has 0 spiro atoms. The minimum Gasteiger partial charge on any atom is -0.493 e. The Balaban J connectivity index is 1.85. The standard InChI is InChI=1S/C22H25N3O3/c1-5-19-17(13-23-25(19)14-16-9-7-6-8-10-16)22(26)24-18-12-21(28-4)20(27-3)11-15(18)2/h6-13H,5,14H2,1-4H3,(H,24,26). The summed E-state index contributed by atoms with van der Waals surface area (Å²) in [5.41, 5.74) is 4.19. The summed E-state index contributed by atoms with van der Waals surface area (Å²) in [6, 6.07) is 13.7. The molecule has 0 unspecified atom stereocenters. The molecule has 0 saturated heterocycles. The number of nitrogens with one attached hydrogen (secondary N) is 1. The van der Waals surface area contributed by atoms with Crippen LogP contribution >= 0.6 is 0 Å². The van der Waals surface area contributed by atoms with Crippen molar-refractivity contribution < 1.29 is 14.3 Å². The maximum absolute atomic E-state index is 12.9. The van der Waals surface area contributed by atoms with Crippen LogP contribution < -0.4 is 14.8 Å². The number of hydrogen-bond acceptors (Lipinski definition) is 4. The molecule has 0 bridgehead atoms. The first-order valence-corrected chi connectivity index (χ1v) is 9.20. The number of anilines is 1. The van der Waals surface area contributed by atoms with Crippen molar-refractivity contribution in [2.75, 3.05) is 19.5 Å². The fourth-order valence-corrected chi connectivity index (χ4v) is 3.17. The molecule has 0 aliphatic heterocycles. The molecule has 0 atom stereocenters. The van der Waals surface area contributed by atoms with E-state index in [9.17, 15) is 4.79 Å². The van der Waals surface area contributed by atoms with E-state index >= 15 is 0 Å². The summed E-state index contributed by atoms with van der Waals surface area (Å²) < 4.78 is 12.5. The highest BCUT2D eigenvalue weighted by atomic mass is 16.5. The number of hydrogen-bond donors (Lipinski definition) is 1. The molecule has 1 amide bonds. The van der Waals surface area contributed by atoms with Gasteiger partial charge in [-0.2, -0.15) is 5.10 Å². The summed E-state index contributed by atoms with van der Waals surface area (Å²) in [6.45, 7) is 4.57. The summed E-state index contributed by atoms with van der Waals surface area (Å²) in [5.74, 6) is 1.01. The maximum Gasteiger partial charge on any atom is 0.259 e. The Kier molecular flexibility index (Phi) is 5.99. The molecule has 0 radical (unpaired) electrons. The summed E-state index contributed by atoms with van der Waals surface area (Å²) in [6.07, 6.45) is 2.34. The van der Waals surface area contributed by atoms with Gasteiger partial charge >= 0.3 is 0 Å². The molecular formula is C22H25N3O3. The first-order chi connectivity index (χ1) is 13.6. The van der Waals surface area contributed by atoms with Gasteiger partial charge in [-0.05, 0) is 30.5 Å². The molecule has 6 nitrogen and oxygen atoms in total. The van der Waals surface area contributed by atoms with Crippen LogP contribution in [-0.4, -0.2) is 29.9 Å². The molecule has 0 aliphatic rings. The zero-order valence-electron chi connectivity index (χ0n) is 16.7. The molecule has 1 aromatic heterocycles. The van der Waals surface area contributed by atoms with Gasteiger partial charge in [0, 0.05) is 11.8 Å². The van der Waals surface area contributed by atoms with Crippen LogP contribution in [0.2, 0.25) is 0 Å². The van der Waals surface area contributed by atoms with E-state index in [2.05, 4.69) is 10.4 Å². The number of carbonyl (C=O) groups excluding carboxylic acids is 1. The predicted molar refractivity (Wildman–Crippen MR) is 109 cm³/mol. The number of amides is 1. The van der Waals surface area contributed by atoms with Gasteiger partial charge in [0.15, 0.2) is 11.5 Å². The third-order valence-corrected chi connectivity index (χ3v) is 4.68. The van der Waals surface area contributed by atoms with Gasteiger partial charge < -0.3 is 14.8 Å². The maximum atomic E-state index is 12.9. The van der Waals surface area contributed by atoms with Crippen LogP contribution in [0.3, 0.4) is 0 Å². The Bertz CT molecular complexity index is 965. The number of methoxy groups -OCH3 is 2. The summed E-state index contributed by atoms with van der Waals surface area (Å²) in [5, 5.41) is 7.42. The van der Waals surface area contributed by atoms with Crippen molar-refractivity contribution in [2.45, 2.75) is 26.8 Å². The second-order valence-corrected chi connectivity index (χ2v) is 6.48. The van der Waals surface area contributed by atoms with Gasteiger partial charge in [0.2, 0.25) is 0 Å². The van der Waals surface area contributed by atoms with Gasteiger partial charge in [0.05, 0.1) is 38.2 Å². The van der Waals surface area contributed by atoms with E-state index in [0.717, 1.165) is 16.8 Å². The minimum absolute atomic E-state index is 0.188. The Morgan fingerprint density at radius 2 is 1.79 bits per heavy atom. The molecule has 0 fully saturated rings. The third-order valence-electron chi connectivity index (χ3n) is 4.68. The van der Waals surface area contributed by atoms with Crippen molar-refractivity contribution in [1.29, 1.82) is 0 Å². The molecule has 28 heavy (non-hydrogen) atoms. The van der Waals surface area contributed by atoms with E-state index in [1.54, 1.807) is 26.5 Å². The topological polar surface area (TPSA) is 65.4 Å². The Morgan fingerprint density at radius 1 is 1.11 bits per heavy atom. The number of carbonyl (C=O) groups is 1. The number of ether oxygens (including phenoxy) is 2. The Labute approximate surface area is 165 Å². The molecule has 1 heterocycles. The van der Waals surface area contributed by atoms with E-state index < -0.39 is 0 Å². The van der Waals surface area contributed by atoms with Crippen molar-refractivity contribution >= 4 is 11.6 Å². The van der Waals surface area contributed by atoms with Gasteiger partial charge in [0.1, 0.15) is 0 Å². The van der Waals surface area contributed by atoms with Crippen LogP contribution in [0.4, 0.5) is 5.69 Å². The van der Waals surface area contributed by atoms with E-state index in [1.165, 1.54) is 0 Å². The van der Waals surface area contributed by atoms with E-state index in [0.29, 0.717) is 35.7 Å². The molecule has 3 rings (SSSR count). The van der Waals surface area contributed by atoms with Gasteiger partial charge in [0.25, 0.3) is 5.91 Å². The third kappa shape index (κ3) is 4.01. The Hall–Kier alpha value is -3.28. The lowest BCUT2D eigenvalue weighted by molar-refractivity contribution is 0.102. The largest absolute Gasteiger partial charge is 0.493 e. The van der Waals surface area contributed by atoms with Crippen LogP contribution in [0.5, 0.6) is 11.5 Å². The zero-order valence-corrected chi connectivity index (χ0v) is 16.7. The second-order valence-electron chi connectivity index (χ2n) is 6.48. The fraction of sp³-hybridized carbons (Fsp3) is 0.273. The van der Waals surface area contributed by atoms with Crippen molar-refractivity contribution in [3.05, 3.63) is 71.0 Å². The van der Waals surface area contributed by atoms with Crippen LogP contribution in [-0.2, 0) is 13.0 Å². The molecular weight excluding hydrogens is 354 g/mol. The SMILES string of the molecule is CCc1c(C(=O)Nc2cc(OC)c(OC)cc2C)cnn1Cc1ccccc1. The monoisotopic (exact) mass is 379 g/mol. The first kappa shape index (κ1) is 19.5. The highest BCUT2D eigenvalue weighted by molar-refractivity contribution is 6.05. The number of aryl methyl sites for hydroxylation is 1. The highest BCUT2D eigenvalue weighted by Crippen LogP contribution is 2.33. The first-order valence-electron chi connectivity index (χ1n) is 9.20. The molecule has 146 valence electrons. The van der Waals surface area contributed by atoms with E-state index in [-0.39, 0.29) is 5.91 Å². The van der Waals surface area contributed by atoms with Gasteiger partial charge in [-0.1, -0.05) is 37.3 Å². The molecule has 2 aromatic carbocycles. The van der Waals surface area contributed by atoms with Crippen molar-refractivity contribution in [3.63, 3.8) is 0 Å². The van der Waals surface area contributed by atoms with Crippen molar-refractivity contribution in [1.82, 2.24) is 9.78 Å². The van der Waals surface area contributed by atoms with Crippen LogP contribution in [0, 0.1) is 6.92 Å². The van der Waals surface area contributed by atoms with E-state index in [4.69, 9.17) is 9.47 Å². The summed E-state index contributed by atoms with van der Waals surface area (Å²) in [7, 11) is 3.16. The lowest BCUT2D eigenvalue weighted by Gasteiger charge is -2.14. The number of benzene rings is 2. The summed E-state index contributed by atoms with van der Waals surface area (Å²) >= 11 is 0. The lowest BCUT2D eigenvalue weighted by atomic mass is 10.1. The van der Waals surface area contributed by atoms with Crippen LogP contribution in [0.1, 0.15) is 34.1 Å². The highest BCUT2D eigenvalue weighted by Gasteiger charge is 2.18. The smallest absolute Gasteiger partial charge is 0.259 e. The van der Waals surface area contributed by atoms with E-state index in [1.807, 2.05) is 54.9 Å². The fourth-order valence-electron chi connectivity index (χ4n) is 3.17. The molecule has 0 saturated carbocycles. The molecule has 0 aliphatic carbocycles. The normalized spacial score (nSPS) is 10.6. The average Bonchev–Trinajstić information content (AvgIpc) is 3.12. The number of rotatable bonds is 7. The predicted octanol–water partition coefficient (Wildman–Crippen LogP) is 4.07.